The predicted octanol–water partition coefficient (Wildman–Crippen LogP) is 2.26. The summed E-state index contributed by atoms with van der Waals surface area (Å²) < 4.78 is 10.6. The number of carbonyl (C=O) groups is 2. The lowest BCUT2D eigenvalue weighted by molar-refractivity contribution is -0.122. The Balaban J connectivity index is 1.29. The summed E-state index contributed by atoms with van der Waals surface area (Å²) in [6.45, 7) is 0.258. The molecule has 2 aliphatic rings. The molecule has 1 fully saturated rings. The third kappa shape index (κ3) is 3.33. The summed E-state index contributed by atoms with van der Waals surface area (Å²) >= 11 is 0. The van der Waals surface area contributed by atoms with Crippen LogP contribution in [-0.4, -0.2) is 35.7 Å². The molecule has 0 radical (unpaired) electrons. The molecule has 1 aliphatic carbocycles. The van der Waals surface area contributed by atoms with Gasteiger partial charge in [0.2, 0.25) is 0 Å². The van der Waals surface area contributed by atoms with Crippen molar-refractivity contribution in [3.63, 3.8) is 0 Å². The Bertz CT molecular complexity index is 805. The molecule has 26 heavy (non-hydrogen) atoms. The number of fused-ring (bicyclic) bond motifs is 1. The summed E-state index contributed by atoms with van der Waals surface area (Å²) in [6, 6.07) is 13.1. The molecule has 1 N–H and O–H groups in total. The molecule has 2 heterocycles. The maximum absolute atomic E-state index is 12.2. The molecule has 0 saturated heterocycles. The van der Waals surface area contributed by atoms with E-state index >= 15 is 0 Å². The highest BCUT2D eigenvalue weighted by atomic mass is 16.5. The van der Waals surface area contributed by atoms with Crippen LogP contribution in [0.2, 0.25) is 0 Å². The van der Waals surface area contributed by atoms with Gasteiger partial charge in [-0.25, -0.2) is 9.78 Å². The second kappa shape index (κ2) is 7.03. The summed E-state index contributed by atoms with van der Waals surface area (Å²) in [6.07, 6.45) is 2.54. The van der Waals surface area contributed by atoms with Crippen molar-refractivity contribution >= 4 is 17.8 Å². The highest BCUT2D eigenvalue weighted by Crippen LogP contribution is 2.36. The number of alkyl carbamates (subject to hydrolysis) is 1. The van der Waals surface area contributed by atoms with Crippen molar-refractivity contribution < 1.29 is 19.1 Å². The number of anilines is 1. The van der Waals surface area contributed by atoms with E-state index in [1.165, 1.54) is 0 Å². The quantitative estimate of drug-likeness (QED) is 0.912. The van der Waals surface area contributed by atoms with E-state index in [-0.39, 0.29) is 31.2 Å². The fourth-order valence-corrected chi connectivity index (χ4v) is 3.23. The Morgan fingerprint density at radius 2 is 2.04 bits per heavy atom. The molecule has 0 spiro atoms. The van der Waals surface area contributed by atoms with Crippen molar-refractivity contribution in [1.29, 1.82) is 0 Å². The molecule has 1 aromatic carbocycles. The number of pyridine rings is 1. The summed E-state index contributed by atoms with van der Waals surface area (Å²) in [5, 5.41) is 2.84. The van der Waals surface area contributed by atoms with Gasteiger partial charge in [0.25, 0.3) is 5.91 Å². The Kier molecular flexibility index (Phi) is 4.43. The topological polar surface area (TPSA) is 80.8 Å². The minimum absolute atomic E-state index is 0.00826. The number of rotatable bonds is 4. The lowest BCUT2D eigenvalue weighted by Crippen LogP contribution is -2.57. The van der Waals surface area contributed by atoms with Crippen LogP contribution in [-0.2, 0) is 16.1 Å². The molecular formula is C19H19N3O4. The molecule has 7 heteroatoms. The number of amides is 2. The Labute approximate surface area is 150 Å². The van der Waals surface area contributed by atoms with Gasteiger partial charge < -0.3 is 14.8 Å². The van der Waals surface area contributed by atoms with Gasteiger partial charge in [-0.05, 0) is 30.5 Å². The number of aromatic nitrogens is 1. The van der Waals surface area contributed by atoms with Gasteiger partial charge in [-0.2, -0.15) is 0 Å². The van der Waals surface area contributed by atoms with Gasteiger partial charge in [0.1, 0.15) is 6.61 Å². The van der Waals surface area contributed by atoms with E-state index in [0.717, 1.165) is 5.56 Å². The average molecular weight is 353 g/mol. The number of hydrogen-bond donors (Lipinski definition) is 1. The third-order valence-electron chi connectivity index (χ3n) is 4.61. The maximum Gasteiger partial charge on any atom is 0.407 e. The average Bonchev–Trinajstić information content (AvgIpc) is 2.64. The van der Waals surface area contributed by atoms with Crippen molar-refractivity contribution in [2.75, 3.05) is 11.5 Å². The second-order valence-corrected chi connectivity index (χ2v) is 6.41. The van der Waals surface area contributed by atoms with Gasteiger partial charge in [-0.1, -0.05) is 30.3 Å². The molecule has 1 aromatic heterocycles. The zero-order valence-electron chi connectivity index (χ0n) is 14.1. The van der Waals surface area contributed by atoms with E-state index in [4.69, 9.17) is 9.47 Å². The molecule has 7 nitrogen and oxygen atoms in total. The maximum atomic E-state index is 12.2. The van der Waals surface area contributed by atoms with Crippen molar-refractivity contribution in [2.45, 2.75) is 31.5 Å². The van der Waals surface area contributed by atoms with Crippen LogP contribution in [0.15, 0.2) is 48.7 Å². The Morgan fingerprint density at radius 1 is 1.23 bits per heavy atom. The Hall–Kier alpha value is -3.09. The molecule has 0 atom stereocenters. The van der Waals surface area contributed by atoms with Crippen LogP contribution in [0.25, 0.3) is 0 Å². The molecule has 0 bridgehead atoms. The van der Waals surface area contributed by atoms with E-state index in [1.54, 1.807) is 23.2 Å². The van der Waals surface area contributed by atoms with Crippen molar-refractivity contribution in [3.8, 4) is 5.75 Å². The smallest absolute Gasteiger partial charge is 0.407 e. The first kappa shape index (κ1) is 16.4. The fraction of sp³-hybridized carbons (Fsp3) is 0.316. The van der Waals surface area contributed by atoms with Crippen molar-refractivity contribution in [2.24, 2.45) is 0 Å². The van der Waals surface area contributed by atoms with E-state index in [2.05, 4.69) is 10.3 Å². The lowest BCUT2D eigenvalue weighted by atomic mass is 9.85. The van der Waals surface area contributed by atoms with Gasteiger partial charge in [-0.3, -0.25) is 9.69 Å². The van der Waals surface area contributed by atoms with E-state index in [1.807, 2.05) is 30.3 Å². The standard InChI is InChI=1S/C19H19N3O4/c23-17-12-25-16-7-4-8-20-18(16)22(17)15-9-14(10-15)21-19(24)26-11-13-5-2-1-3-6-13/h1-8,14-15H,9-12H2,(H,21,24). The normalized spacial score (nSPS) is 21.2. The van der Waals surface area contributed by atoms with Crippen LogP contribution in [0.4, 0.5) is 10.6 Å². The number of ether oxygens (including phenoxy) is 2. The molecule has 2 aromatic rings. The molecule has 1 saturated carbocycles. The van der Waals surface area contributed by atoms with Crippen LogP contribution in [0.5, 0.6) is 5.75 Å². The first-order chi connectivity index (χ1) is 12.7. The summed E-state index contributed by atoms with van der Waals surface area (Å²) in [4.78, 5) is 30.1. The van der Waals surface area contributed by atoms with E-state index in [9.17, 15) is 9.59 Å². The Morgan fingerprint density at radius 3 is 2.85 bits per heavy atom. The number of carbonyl (C=O) groups excluding carboxylic acids is 2. The summed E-state index contributed by atoms with van der Waals surface area (Å²) in [7, 11) is 0. The van der Waals surface area contributed by atoms with Gasteiger partial charge in [0.05, 0.1) is 0 Å². The van der Waals surface area contributed by atoms with Crippen LogP contribution in [0.3, 0.4) is 0 Å². The monoisotopic (exact) mass is 353 g/mol. The second-order valence-electron chi connectivity index (χ2n) is 6.41. The number of nitrogens with zero attached hydrogens (tertiary/aromatic N) is 2. The fourth-order valence-electron chi connectivity index (χ4n) is 3.23. The number of benzene rings is 1. The number of nitrogens with one attached hydrogen (secondary N) is 1. The molecule has 4 rings (SSSR count). The van der Waals surface area contributed by atoms with Crippen LogP contribution in [0, 0.1) is 0 Å². The van der Waals surface area contributed by atoms with E-state index < -0.39 is 6.09 Å². The van der Waals surface area contributed by atoms with Crippen LogP contribution in [0.1, 0.15) is 18.4 Å². The predicted molar refractivity (Wildman–Crippen MR) is 93.8 cm³/mol. The molecule has 134 valence electrons. The summed E-state index contributed by atoms with van der Waals surface area (Å²) in [5.41, 5.74) is 0.940. The van der Waals surface area contributed by atoms with Crippen LogP contribution >= 0.6 is 0 Å². The molecule has 2 amide bonds. The van der Waals surface area contributed by atoms with Crippen molar-refractivity contribution in [1.82, 2.24) is 10.3 Å². The minimum Gasteiger partial charge on any atom is -0.480 e. The van der Waals surface area contributed by atoms with Gasteiger partial charge >= 0.3 is 6.09 Å². The van der Waals surface area contributed by atoms with Crippen LogP contribution < -0.4 is 15.0 Å². The number of hydrogen-bond acceptors (Lipinski definition) is 5. The SMILES string of the molecule is O=C(NC1CC(N2C(=O)COc3cccnc32)C1)OCc1ccccc1. The van der Waals surface area contributed by atoms with Crippen molar-refractivity contribution in [3.05, 3.63) is 54.2 Å². The molecule has 0 unspecified atom stereocenters. The minimum atomic E-state index is -0.441. The highest BCUT2D eigenvalue weighted by molar-refractivity contribution is 5.97. The van der Waals surface area contributed by atoms with Gasteiger partial charge in [-0.15, -0.1) is 0 Å². The lowest BCUT2D eigenvalue weighted by Gasteiger charge is -2.43. The largest absolute Gasteiger partial charge is 0.480 e. The zero-order chi connectivity index (χ0) is 17.9. The first-order valence-electron chi connectivity index (χ1n) is 8.58. The zero-order valence-corrected chi connectivity index (χ0v) is 14.1. The summed E-state index contributed by atoms with van der Waals surface area (Å²) in [5.74, 6) is 1.07. The third-order valence-corrected chi connectivity index (χ3v) is 4.61. The highest BCUT2D eigenvalue weighted by Gasteiger charge is 2.41. The van der Waals surface area contributed by atoms with E-state index in [0.29, 0.717) is 24.4 Å². The molecule has 1 aliphatic heterocycles. The first-order valence-corrected chi connectivity index (χ1v) is 8.58. The van der Waals surface area contributed by atoms with Gasteiger partial charge in [0.15, 0.2) is 18.2 Å². The van der Waals surface area contributed by atoms with Gasteiger partial charge in [0, 0.05) is 18.3 Å². The molecular weight excluding hydrogens is 334 g/mol.